The average molecular weight is 243 g/mol. The van der Waals surface area contributed by atoms with Crippen LogP contribution in [0.15, 0.2) is 12.2 Å². The second-order valence-electron chi connectivity index (χ2n) is 4.67. The van der Waals surface area contributed by atoms with Crippen LogP contribution in [0, 0.1) is 0 Å². The van der Waals surface area contributed by atoms with Crippen molar-refractivity contribution in [2.24, 2.45) is 0 Å². The van der Waals surface area contributed by atoms with E-state index in [-0.39, 0.29) is 12.3 Å². The Hall–Kier alpha value is -1.36. The first-order valence-corrected chi connectivity index (χ1v) is 5.82. The van der Waals surface area contributed by atoms with Crippen molar-refractivity contribution in [2.75, 3.05) is 33.7 Å². The number of rotatable bonds is 8. The van der Waals surface area contributed by atoms with Gasteiger partial charge >= 0.3 is 5.97 Å². The monoisotopic (exact) mass is 243 g/mol. The summed E-state index contributed by atoms with van der Waals surface area (Å²) in [5.41, 5.74) is 0. The highest BCUT2D eigenvalue weighted by atomic mass is 16.4. The van der Waals surface area contributed by atoms with E-state index in [4.69, 9.17) is 5.11 Å². The molecule has 0 aliphatic carbocycles. The molecule has 0 aromatic carbocycles. The molecule has 0 aliphatic heterocycles. The third-order valence-electron chi connectivity index (χ3n) is 2.49. The quantitative estimate of drug-likeness (QED) is 0.373. The average Bonchev–Trinajstić information content (AvgIpc) is 2.22. The summed E-state index contributed by atoms with van der Waals surface area (Å²) in [5, 5.41) is 11.4. The van der Waals surface area contributed by atoms with Crippen molar-refractivity contribution in [2.45, 2.75) is 19.8 Å². The molecule has 0 aliphatic rings. The zero-order chi connectivity index (χ0) is 13.3. The molecule has 2 N–H and O–H groups in total. The lowest BCUT2D eigenvalue weighted by Gasteiger charge is -2.29. The van der Waals surface area contributed by atoms with Crippen LogP contribution in [-0.4, -0.2) is 55.2 Å². The molecule has 17 heavy (non-hydrogen) atoms. The predicted octanol–water partition coefficient (Wildman–Crippen LogP) is 0.620. The second-order valence-corrected chi connectivity index (χ2v) is 4.67. The molecular formula is C12H23N2O3+. The number of aliphatic carboxylic acids is 1. The van der Waals surface area contributed by atoms with Crippen LogP contribution in [-0.2, 0) is 9.59 Å². The van der Waals surface area contributed by atoms with Gasteiger partial charge < -0.3 is 14.9 Å². The summed E-state index contributed by atoms with van der Waals surface area (Å²) in [6, 6.07) is 0. The van der Waals surface area contributed by atoms with E-state index in [0.29, 0.717) is 17.6 Å². The van der Waals surface area contributed by atoms with E-state index in [9.17, 15) is 9.59 Å². The molecule has 0 rings (SSSR count). The maximum Gasteiger partial charge on any atom is 0.309 e. The number of carboxylic acids is 1. The summed E-state index contributed by atoms with van der Waals surface area (Å²) >= 11 is 0. The summed E-state index contributed by atoms with van der Waals surface area (Å²) in [5.74, 6) is -0.846. The Labute approximate surface area is 103 Å². The summed E-state index contributed by atoms with van der Waals surface area (Å²) in [7, 11) is 3.99. The molecule has 0 fully saturated rings. The van der Waals surface area contributed by atoms with E-state index in [1.165, 1.54) is 6.08 Å². The van der Waals surface area contributed by atoms with Crippen LogP contribution in [0.2, 0.25) is 0 Å². The van der Waals surface area contributed by atoms with Crippen LogP contribution in [0.4, 0.5) is 0 Å². The van der Waals surface area contributed by atoms with Gasteiger partial charge in [-0.05, 0) is 13.0 Å². The van der Waals surface area contributed by atoms with Gasteiger partial charge in [0.1, 0.15) is 0 Å². The molecule has 0 spiro atoms. The zero-order valence-corrected chi connectivity index (χ0v) is 10.9. The Balaban J connectivity index is 3.72. The largest absolute Gasteiger partial charge is 0.481 e. The van der Waals surface area contributed by atoms with Crippen molar-refractivity contribution in [3.05, 3.63) is 12.2 Å². The number of hydrogen-bond acceptors (Lipinski definition) is 2. The van der Waals surface area contributed by atoms with Crippen molar-refractivity contribution < 1.29 is 19.2 Å². The first-order chi connectivity index (χ1) is 7.87. The summed E-state index contributed by atoms with van der Waals surface area (Å²) in [6.07, 6.45) is 4.21. The van der Waals surface area contributed by atoms with Gasteiger partial charge in [-0.15, -0.1) is 0 Å². The predicted molar refractivity (Wildman–Crippen MR) is 66.5 cm³/mol. The lowest BCUT2D eigenvalue weighted by molar-refractivity contribution is -0.889. The first-order valence-electron chi connectivity index (χ1n) is 5.82. The molecule has 0 saturated heterocycles. The molecule has 0 bridgehead atoms. The van der Waals surface area contributed by atoms with Gasteiger partial charge in [-0.2, -0.15) is 0 Å². The minimum absolute atomic E-state index is 0.0802. The minimum Gasteiger partial charge on any atom is -0.481 e. The highest BCUT2D eigenvalue weighted by Gasteiger charge is 2.16. The number of allylic oxidation sites excluding steroid dienone is 1. The summed E-state index contributed by atoms with van der Waals surface area (Å²) < 4.78 is 0.659. The molecule has 0 heterocycles. The van der Waals surface area contributed by atoms with Gasteiger partial charge in [0.15, 0.2) is 0 Å². The second kappa shape index (κ2) is 7.84. The minimum atomic E-state index is -0.766. The van der Waals surface area contributed by atoms with Crippen molar-refractivity contribution in [1.82, 2.24) is 5.32 Å². The van der Waals surface area contributed by atoms with Gasteiger partial charge in [-0.3, -0.25) is 9.59 Å². The molecular weight excluding hydrogens is 220 g/mol. The number of quaternary nitrogens is 1. The third kappa shape index (κ3) is 9.56. The van der Waals surface area contributed by atoms with Gasteiger partial charge in [0.25, 0.3) is 0 Å². The number of carbonyl (C=O) groups is 2. The van der Waals surface area contributed by atoms with E-state index in [1.54, 1.807) is 13.0 Å². The maximum atomic E-state index is 11.1. The van der Waals surface area contributed by atoms with E-state index in [0.717, 1.165) is 13.0 Å². The van der Waals surface area contributed by atoms with Gasteiger partial charge in [-0.25, -0.2) is 0 Å². The van der Waals surface area contributed by atoms with Crippen LogP contribution < -0.4 is 5.32 Å². The van der Waals surface area contributed by atoms with Crippen molar-refractivity contribution in [3.63, 3.8) is 0 Å². The number of hydrogen-bond donors (Lipinski definition) is 2. The molecule has 0 atom stereocenters. The number of nitrogens with zero attached hydrogens (tertiary/aromatic N) is 1. The first kappa shape index (κ1) is 15.6. The van der Waals surface area contributed by atoms with Crippen LogP contribution in [0.3, 0.4) is 0 Å². The number of amides is 1. The zero-order valence-electron chi connectivity index (χ0n) is 10.9. The van der Waals surface area contributed by atoms with Gasteiger partial charge in [0.05, 0.1) is 33.6 Å². The number of carbonyl (C=O) groups excluding carboxylic acids is 1. The van der Waals surface area contributed by atoms with E-state index >= 15 is 0 Å². The Morgan fingerprint density at radius 1 is 1.29 bits per heavy atom. The van der Waals surface area contributed by atoms with E-state index < -0.39 is 5.97 Å². The fraction of sp³-hybridized carbons (Fsp3) is 0.667. The molecule has 5 heteroatoms. The Kier molecular flexibility index (Phi) is 7.21. The SMILES string of the molecule is CC=CC(=O)NCCC[N+](C)(C)CCC(=O)O. The molecule has 0 unspecified atom stereocenters. The Morgan fingerprint density at radius 2 is 1.94 bits per heavy atom. The number of nitrogens with one attached hydrogen (secondary N) is 1. The molecule has 0 aromatic heterocycles. The van der Waals surface area contributed by atoms with Crippen molar-refractivity contribution in [1.29, 1.82) is 0 Å². The maximum absolute atomic E-state index is 11.1. The molecule has 98 valence electrons. The fourth-order valence-corrected chi connectivity index (χ4v) is 1.44. The topological polar surface area (TPSA) is 66.4 Å². The van der Waals surface area contributed by atoms with Gasteiger partial charge in [0, 0.05) is 13.0 Å². The lowest BCUT2D eigenvalue weighted by Crippen LogP contribution is -2.43. The molecule has 1 amide bonds. The van der Waals surface area contributed by atoms with Crippen LogP contribution in [0.1, 0.15) is 19.8 Å². The molecule has 0 radical (unpaired) electrons. The Morgan fingerprint density at radius 3 is 2.47 bits per heavy atom. The van der Waals surface area contributed by atoms with Crippen LogP contribution in [0.5, 0.6) is 0 Å². The third-order valence-corrected chi connectivity index (χ3v) is 2.49. The molecule has 0 aromatic rings. The fourth-order valence-electron chi connectivity index (χ4n) is 1.44. The van der Waals surface area contributed by atoms with Crippen molar-refractivity contribution >= 4 is 11.9 Å². The number of carboxylic acid groups (broad SMARTS) is 1. The lowest BCUT2D eigenvalue weighted by atomic mass is 10.3. The molecule has 5 nitrogen and oxygen atoms in total. The van der Waals surface area contributed by atoms with Crippen LogP contribution >= 0.6 is 0 Å². The highest BCUT2D eigenvalue weighted by Crippen LogP contribution is 2.01. The summed E-state index contributed by atoms with van der Waals surface area (Å²) in [6.45, 7) is 3.88. The van der Waals surface area contributed by atoms with E-state index in [2.05, 4.69) is 5.32 Å². The van der Waals surface area contributed by atoms with Gasteiger partial charge in [0.2, 0.25) is 5.91 Å². The standard InChI is InChI=1S/C12H22N2O3/c1-4-6-11(15)13-8-5-9-14(2,3)10-7-12(16)17/h4,6H,5,7-10H2,1-3H3,(H-,13,15,16,17)/p+1. The highest BCUT2D eigenvalue weighted by molar-refractivity contribution is 5.87. The smallest absolute Gasteiger partial charge is 0.309 e. The Bertz CT molecular complexity index is 285. The summed E-state index contributed by atoms with van der Waals surface area (Å²) in [4.78, 5) is 21.6. The van der Waals surface area contributed by atoms with Gasteiger partial charge in [-0.1, -0.05) is 6.08 Å². The molecule has 0 saturated carbocycles. The normalized spacial score (nSPS) is 11.7. The van der Waals surface area contributed by atoms with E-state index in [1.807, 2.05) is 14.1 Å². The van der Waals surface area contributed by atoms with Crippen LogP contribution in [0.25, 0.3) is 0 Å². The van der Waals surface area contributed by atoms with Crippen molar-refractivity contribution in [3.8, 4) is 0 Å².